The zero-order chi connectivity index (χ0) is 20.7. The van der Waals surface area contributed by atoms with Gasteiger partial charge in [-0.15, -0.1) is 0 Å². The molecule has 8 heteroatoms. The van der Waals surface area contributed by atoms with Crippen molar-refractivity contribution in [1.82, 2.24) is 10.4 Å². The first kappa shape index (κ1) is 20.2. The third-order valence-corrected chi connectivity index (χ3v) is 5.21. The molecule has 0 spiro atoms. The number of para-hydroxylation sites is 1. The number of hydrogen-bond acceptors (Lipinski definition) is 5. The largest absolute Gasteiger partial charge is 0.271 e. The van der Waals surface area contributed by atoms with Gasteiger partial charge in [-0.1, -0.05) is 30.3 Å². The SMILES string of the molecule is CS(=O)(=O)N(Cc1ccc(C(=O)N/N=C\c2ccncc2)cc1)c1ccccc1. The van der Waals surface area contributed by atoms with Crippen molar-refractivity contribution in [2.24, 2.45) is 5.10 Å². The summed E-state index contributed by atoms with van der Waals surface area (Å²) in [7, 11) is -3.45. The third kappa shape index (κ3) is 5.73. The van der Waals surface area contributed by atoms with E-state index in [4.69, 9.17) is 0 Å². The molecule has 29 heavy (non-hydrogen) atoms. The Hall–Kier alpha value is -3.52. The molecule has 0 aliphatic rings. The van der Waals surface area contributed by atoms with Crippen molar-refractivity contribution in [3.05, 3.63) is 95.8 Å². The molecule has 0 radical (unpaired) electrons. The van der Waals surface area contributed by atoms with Crippen LogP contribution in [0.4, 0.5) is 5.69 Å². The van der Waals surface area contributed by atoms with Crippen molar-refractivity contribution in [1.29, 1.82) is 0 Å². The quantitative estimate of drug-likeness (QED) is 0.481. The first-order valence-corrected chi connectivity index (χ1v) is 10.6. The van der Waals surface area contributed by atoms with Crippen LogP contribution < -0.4 is 9.73 Å². The summed E-state index contributed by atoms with van der Waals surface area (Å²) in [6, 6.07) is 19.1. The van der Waals surface area contributed by atoms with Crippen LogP contribution in [-0.2, 0) is 16.6 Å². The number of hydrogen-bond donors (Lipinski definition) is 1. The van der Waals surface area contributed by atoms with E-state index in [1.54, 1.807) is 73.1 Å². The number of carbonyl (C=O) groups is 1. The van der Waals surface area contributed by atoms with Gasteiger partial charge >= 0.3 is 0 Å². The predicted octanol–water partition coefficient (Wildman–Crippen LogP) is 2.81. The van der Waals surface area contributed by atoms with Gasteiger partial charge in [-0.2, -0.15) is 5.10 Å². The molecule has 0 bridgehead atoms. The van der Waals surface area contributed by atoms with E-state index in [1.165, 1.54) is 16.8 Å². The Kier molecular flexibility index (Phi) is 6.36. The highest BCUT2D eigenvalue weighted by Crippen LogP contribution is 2.20. The molecule has 0 atom stereocenters. The van der Waals surface area contributed by atoms with Crippen molar-refractivity contribution < 1.29 is 13.2 Å². The number of benzene rings is 2. The maximum atomic E-state index is 12.2. The van der Waals surface area contributed by atoms with Crippen molar-refractivity contribution in [3.63, 3.8) is 0 Å². The molecule has 1 amide bonds. The lowest BCUT2D eigenvalue weighted by molar-refractivity contribution is 0.0955. The zero-order valence-electron chi connectivity index (χ0n) is 15.8. The predicted molar refractivity (Wildman–Crippen MR) is 113 cm³/mol. The summed E-state index contributed by atoms with van der Waals surface area (Å²) in [6.45, 7) is 0.172. The van der Waals surface area contributed by atoms with Crippen molar-refractivity contribution in [2.75, 3.05) is 10.6 Å². The van der Waals surface area contributed by atoms with Gasteiger partial charge in [-0.05, 0) is 47.5 Å². The van der Waals surface area contributed by atoms with Crippen molar-refractivity contribution >= 4 is 27.8 Å². The molecular weight excluding hydrogens is 388 g/mol. The summed E-state index contributed by atoms with van der Waals surface area (Å²) in [4.78, 5) is 16.1. The number of anilines is 1. The van der Waals surface area contributed by atoms with Crippen LogP contribution in [-0.4, -0.2) is 31.8 Å². The molecule has 3 rings (SSSR count). The minimum atomic E-state index is -3.45. The first-order chi connectivity index (χ1) is 13.9. The van der Waals surface area contributed by atoms with Crippen LogP contribution in [0.15, 0.2) is 84.2 Å². The monoisotopic (exact) mass is 408 g/mol. The normalized spacial score (nSPS) is 11.3. The second kappa shape index (κ2) is 9.11. The molecule has 3 aromatic rings. The van der Waals surface area contributed by atoms with E-state index in [9.17, 15) is 13.2 Å². The number of pyridine rings is 1. The van der Waals surface area contributed by atoms with Crippen molar-refractivity contribution in [3.8, 4) is 0 Å². The van der Waals surface area contributed by atoms with E-state index in [1.807, 2.05) is 6.07 Å². The summed E-state index contributed by atoms with van der Waals surface area (Å²) in [5, 5.41) is 3.92. The van der Waals surface area contributed by atoms with E-state index >= 15 is 0 Å². The molecule has 1 N–H and O–H groups in total. The molecule has 7 nitrogen and oxygen atoms in total. The van der Waals surface area contributed by atoms with Gasteiger partial charge in [0.15, 0.2) is 0 Å². The molecular formula is C21H20N4O3S. The van der Waals surface area contributed by atoms with Crippen LogP contribution in [0.2, 0.25) is 0 Å². The number of hydrazone groups is 1. The van der Waals surface area contributed by atoms with E-state index < -0.39 is 10.0 Å². The summed E-state index contributed by atoms with van der Waals surface area (Å²) >= 11 is 0. The Labute approximate surface area is 169 Å². The third-order valence-electron chi connectivity index (χ3n) is 4.07. The van der Waals surface area contributed by atoms with Gasteiger partial charge in [-0.3, -0.25) is 14.1 Å². The van der Waals surface area contributed by atoms with Gasteiger partial charge < -0.3 is 0 Å². The summed E-state index contributed by atoms with van der Waals surface area (Å²) < 4.78 is 25.7. The Morgan fingerprint density at radius 3 is 2.31 bits per heavy atom. The number of nitrogens with zero attached hydrogens (tertiary/aromatic N) is 3. The molecule has 1 aromatic heterocycles. The Morgan fingerprint density at radius 2 is 1.69 bits per heavy atom. The fourth-order valence-electron chi connectivity index (χ4n) is 2.60. The van der Waals surface area contributed by atoms with Crippen LogP contribution in [0, 0.1) is 0 Å². The highest BCUT2D eigenvalue weighted by Gasteiger charge is 2.17. The number of aromatic nitrogens is 1. The summed E-state index contributed by atoms with van der Waals surface area (Å²) in [6.07, 6.45) is 5.97. The molecule has 1 heterocycles. The van der Waals surface area contributed by atoms with Gasteiger partial charge in [0.1, 0.15) is 0 Å². The minimum Gasteiger partial charge on any atom is -0.267 e. The lowest BCUT2D eigenvalue weighted by atomic mass is 10.1. The first-order valence-electron chi connectivity index (χ1n) is 8.78. The number of nitrogens with one attached hydrogen (secondary N) is 1. The van der Waals surface area contributed by atoms with Crippen LogP contribution in [0.5, 0.6) is 0 Å². The fourth-order valence-corrected chi connectivity index (χ4v) is 3.49. The summed E-state index contributed by atoms with van der Waals surface area (Å²) in [5.74, 6) is -0.357. The number of rotatable bonds is 7. The average molecular weight is 408 g/mol. The van der Waals surface area contributed by atoms with Gasteiger partial charge in [0, 0.05) is 18.0 Å². The molecule has 0 unspecified atom stereocenters. The van der Waals surface area contributed by atoms with Crippen LogP contribution in [0.25, 0.3) is 0 Å². The van der Waals surface area contributed by atoms with Gasteiger partial charge in [0.25, 0.3) is 5.91 Å². The zero-order valence-corrected chi connectivity index (χ0v) is 16.6. The Morgan fingerprint density at radius 1 is 1.03 bits per heavy atom. The van der Waals surface area contributed by atoms with Crippen LogP contribution >= 0.6 is 0 Å². The molecule has 0 aliphatic heterocycles. The highest BCUT2D eigenvalue weighted by molar-refractivity contribution is 7.92. The molecule has 0 fully saturated rings. The number of amides is 1. The summed E-state index contributed by atoms with van der Waals surface area (Å²) in [5.41, 5.74) is 5.05. The topological polar surface area (TPSA) is 91.7 Å². The molecule has 0 saturated heterocycles. The Balaban J connectivity index is 1.67. The van der Waals surface area contributed by atoms with E-state index in [0.717, 1.165) is 11.1 Å². The second-order valence-electron chi connectivity index (χ2n) is 6.28. The van der Waals surface area contributed by atoms with Crippen molar-refractivity contribution in [2.45, 2.75) is 6.54 Å². The average Bonchev–Trinajstić information content (AvgIpc) is 2.73. The minimum absolute atomic E-state index is 0.172. The second-order valence-corrected chi connectivity index (χ2v) is 8.19. The standard InChI is InChI=1S/C21H20N4O3S/c1-29(27,28)25(20-5-3-2-4-6-20)16-18-7-9-19(10-8-18)21(26)24-23-15-17-11-13-22-14-12-17/h2-15H,16H2,1H3,(H,24,26)/b23-15-. The smallest absolute Gasteiger partial charge is 0.267 e. The van der Waals surface area contributed by atoms with Crippen LogP contribution in [0.1, 0.15) is 21.5 Å². The lowest BCUT2D eigenvalue weighted by Crippen LogP contribution is -2.29. The number of sulfonamides is 1. The molecule has 2 aromatic carbocycles. The number of carbonyl (C=O) groups excluding carboxylic acids is 1. The van der Waals surface area contributed by atoms with Gasteiger partial charge in [0.2, 0.25) is 10.0 Å². The maximum absolute atomic E-state index is 12.2. The lowest BCUT2D eigenvalue weighted by Gasteiger charge is -2.22. The Bertz CT molecular complexity index is 1080. The highest BCUT2D eigenvalue weighted by atomic mass is 32.2. The van der Waals surface area contributed by atoms with E-state index in [0.29, 0.717) is 11.3 Å². The maximum Gasteiger partial charge on any atom is 0.271 e. The van der Waals surface area contributed by atoms with Gasteiger partial charge in [-0.25, -0.2) is 13.8 Å². The molecule has 0 saturated carbocycles. The van der Waals surface area contributed by atoms with Gasteiger partial charge in [0.05, 0.1) is 24.7 Å². The fraction of sp³-hybridized carbons (Fsp3) is 0.0952. The van der Waals surface area contributed by atoms with E-state index in [2.05, 4.69) is 15.5 Å². The van der Waals surface area contributed by atoms with Crippen LogP contribution in [0.3, 0.4) is 0 Å². The molecule has 0 aliphatic carbocycles. The molecule has 148 valence electrons. The van der Waals surface area contributed by atoms with E-state index in [-0.39, 0.29) is 12.5 Å².